The van der Waals surface area contributed by atoms with E-state index in [-0.39, 0.29) is 5.69 Å². The number of hydrogen-bond acceptors (Lipinski definition) is 3. The van der Waals surface area contributed by atoms with Crippen molar-refractivity contribution in [2.75, 3.05) is 5.43 Å². The number of rotatable bonds is 4. The highest BCUT2D eigenvalue weighted by Gasteiger charge is 2.41. The molecular formula is C11H13N3O4. The first-order chi connectivity index (χ1) is 8.50. The van der Waals surface area contributed by atoms with E-state index < -0.39 is 29.6 Å². The topological polar surface area (TPSA) is 114 Å². The zero-order valence-corrected chi connectivity index (χ0v) is 9.50. The molecule has 4 N–H and O–H groups in total. The second kappa shape index (κ2) is 4.52. The Balaban J connectivity index is 2.06. The van der Waals surface area contributed by atoms with Gasteiger partial charge in [0.1, 0.15) is 5.69 Å². The summed E-state index contributed by atoms with van der Waals surface area (Å²) in [6.45, 7) is 0. The van der Waals surface area contributed by atoms with E-state index in [0.717, 1.165) is 0 Å². The number of nitrogens with one attached hydrogen (secondary N) is 1. The number of carbonyl (C=O) groups is 3. The molecule has 1 heterocycles. The summed E-state index contributed by atoms with van der Waals surface area (Å²) in [6.07, 6.45) is 2.52. The minimum Gasteiger partial charge on any atom is -0.481 e. The molecule has 1 fully saturated rings. The van der Waals surface area contributed by atoms with Crippen LogP contribution in [-0.2, 0) is 9.59 Å². The maximum absolute atomic E-state index is 11.8. The van der Waals surface area contributed by atoms with E-state index in [9.17, 15) is 14.4 Å². The van der Waals surface area contributed by atoms with Crippen molar-refractivity contribution < 1.29 is 19.5 Å². The Morgan fingerprint density at radius 1 is 1.33 bits per heavy atom. The fourth-order valence-electron chi connectivity index (χ4n) is 1.99. The SMILES string of the molecule is NC(=O)c1cccn1NC(=O)C1CCC1C(=O)O. The number of aliphatic carboxylic acids is 1. The number of aromatic nitrogens is 1. The van der Waals surface area contributed by atoms with Crippen molar-refractivity contribution in [3.05, 3.63) is 24.0 Å². The van der Waals surface area contributed by atoms with Gasteiger partial charge in [0.2, 0.25) is 5.91 Å². The zero-order chi connectivity index (χ0) is 13.3. The summed E-state index contributed by atoms with van der Waals surface area (Å²) in [5, 5.41) is 8.86. The summed E-state index contributed by atoms with van der Waals surface area (Å²) in [7, 11) is 0. The van der Waals surface area contributed by atoms with Gasteiger partial charge >= 0.3 is 5.97 Å². The maximum atomic E-state index is 11.8. The molecule has 1 aliphatic rings. The molecular weight excluding hydrogens is 238 g/mol. The average molecular weight is 251 g/mol. The number of nitrogens with two attached hydrogens (primary N) is 1. The first-order valence-corrected chi connectivity index (χ1v) is 5.51. The van der Waals surface area contributed by atoms with Gasteiger partial charge in [0.25, 0.3) is 5.91 Å². The van der Waals surface area contributed by atoms with Crippen LogP contribution in [0, 0.1) is 11.8 Å². The van der Waals surface area contributed by atoms with Gasteiger partial charge in [-0.25, -0.2) is 0 Å². The average Bonchev–Trinajstić information content (AvgIpc) is 2.62. The summed E-state index contributed by atoms with van der Waals surface area (Å²) in [5.74, 6) is -3.23. The van der Waals surface area contributed by atoms with E-state index in [2.05, 4.69) is 5.43 Å². The lowest BCUT2D eigenvalue weighted by molar-refractivity contribution is -0.151. The Morgan fingerprint density at radius 2 is 2.00 bits per heavy atom. The molecule has 0 spiro atoms. The molecule has 2 rings (SSSR count). The van der Waals surface area contributed by atoms with Crippen LogP contribution in [0.1, 0.15) is 23.3 Å². The smallest absolute Gasteiger partial charge is 0.307 e. The van der Waals surface area contributed by atoms with Crippen molar-refractivity contribution in [1.82, 2.24) is 4.68 Å². The normalized spacial score (nSPS) is 22.0. The van der Waals surface area contributed by atoms with E-state index in [0.29, 0.717) is 12.8 Å². The molecule has 96 valence electrons. The molecule has 0 radical (unpaired) electrons. The number of amides is 2. The molecule has 1 aromatic heterocycles. The number of primary amides is 1. The molecule has 0 aliphatic heterocycles. The monoisotopic (exact) mass is 251 g/mol. The van der Waals surface area contributed by atoms with Gasteiger partial charge in [-0.2, -0.15) is 0 Å². The highest BCUT2D eigenvalue weighted by Crippen LogP contribution is 2.34. The molecule has 0 bridgehead atoms. The van der Waals surface area contributed by atoms with Gasteiger partial charge in [-0.05, 0) is 25.0 Å². The predicted octanol–water partition coefficient (Wildman–Crippen LogP) is -0.232. The van der Waals surface area contributed by atoms with Crippen molar-refractivity contribution >= 4 is 17.8 Å². The van der Waals surface area contributed by atoms with Crippen LogP contribution in [0.25, 0.3) is 0 Å². The standard InChI is InChI=1S/C11H13N3O4/c12-9(15)8-2-1-5-14(8)13-10(16)6-3-4-7(6)11(17)18/h1-2,5-7H,3-4H2,(H2,12,15)(H,13,16)(H,17,18). The van der Waals surface area contributed by atoms with E-state index in [4.69, 9.17) is 10.8 Å². The largest absolute Gasteiger partial charge is 0.481 e. The van der Waals surface area contributed by atoms with Crippen molar-refractivity contribution in [1.29, 1.82) is 0 Å². The Kier molecular flexibility index (Phi) is 3.05. The van der Waals surface area contributed by atoms with Crippen LogP contribution in [0.3, 0.4) is 0 Å². The third-order valence-corrected chi connectivity index (χ3v) is 3.16. The number of nitrogens with zero attached hydrogens (tertiary/aromatic N) is 1. The van der Waals surface area contributed by atoms with Gasteiger partial charge in [-0.15, -0.1) is 0 Å². The van der Waals surface area contributed by atoms with Crippen LogP contribution in [-0.4, -0.2) is 27.6 Å². The van der Waals surface area contributed by atoms with Gasteiger partial charge in [-0.1, -0.05) is 0 Å². The van der Waals surface area contributed by atoms with Crippen LogP contribution in [0.15, 0.2) is 18.3 Å². The third kappa shape index (κ3) is 2.06. The first-order valence-electron chi connectivity index (χ1n) is 5.51. The van der Waals surface area contributed by atoms with E-state index in [1.807, 2.05) is 0 Å². The van der Waals surface area contributed by atoms with Crippen molar-refractivity contribution in [3.63, 3.8) is 0 Å². The molecule has 1 aliphatic carbocycles. The molecule has 2 amide bonds. The summed E-state index contributed by atoms with van der Waals surface area (Å²) < 4.78 is 1.21. The summed E-state index contributed by atoms with van der Waals surface area (Å²) in [5.41, 5.74) is 7.75. The number of carboxylic acids is 1. The van der Waals surface area contributed by atoms with Crippen LogP contribution in [0.5, 0.6) is 0 Å². The predicted molar refractivity (Wildman–Crippen MR) is 61.2 cm³/mol. The van der Waals surface area contributed by atoms with Gasteiger partial charge in [0.05, 0.1) is 11.8 Å². The molecule has 1 aromatic rings. The third-order valence-electron chi connectivity index (χ3n) is 3.16. The minimum absolute atomic E-state index is 0.148. The summed E-state index contributed by atoms with van der Waals surface area (Å²) in [4.78, 5) is 33.7. The second-order valence-corrected chi connectivity index (χ2v) is 4.23. The molecule has 7 heteroatoms. The van der Waals surface area contributed by atoms with E-state index in [1.165, 1.54) is 16.9 Å². The number of hydrogen-bond donors (Lipinski definition) is 3. The van der Waals surface area contributed by atoms with E-state index in [1.54, 1.807) is 6.07 Å². The lowest BCUT2D eigenvalue weighted by atomic mass is 9.73. The summed E-state index contributed by atoms with van der Waals surface area (Å²) >= 11 is 0. The molecule has 7 nitrogen and oxygen atoms in total. The maximum Gasteiger partial charge on any atom is 0.307 e. The zero-order valence-electron chi connectivity index (χ0n) is 9.50. The van der Waals surface area contributed by atoms with Crippen molar-refractivity contribution in [2.24, 2.45) is 17.6 Å². The lowest BCUT2D eigenvalue weighted by Crippen LogP contribution is -2.43. The second-order valence-electron chi connectivity index (χ2n) is 4.23. The minimum atomic E-state index is -0.968. The number of carbonyl (C=O) groups excluding carboxylic acids is 2. The molecule has 2 unspecified atom stereocenters. The van der Waals surface area contributed by atoms with Crippen molar-refractivity contribution in [3.8, 4) is 0 Å². The van der Waals surface area contributed by atoms with Gasteiger partial charge in [0, 0.05) is 6.20 Å². The molecule has 18 heavy (non-hydrogen) atoms. The molecule has 2 atom stereocenters. The molecule has 1 saturated carbocycles. The highest BCUT2D eigenvalue weighted by atomic mass is 16.4. The summed E-state index contributed by atoms with van der Waals surface area (Å²) in [6, 6.07) is 3.04. The fourth-order valence-corrected chi connectivity index (χ4v) is 1.99. The highest BCUT2D eigenvalue weighted by molar-refractivity contribution is 5.94. The quantitative estimate of drug-likeness (QED) is 0.685. The van der Waals surface area contributed by atoms with Gasteiger partial charge in [-0.3, -0.25) is 24.5 Å². The van der Waals surface area contributed by atoms with Gasteiger partial charge < -0.3 is 10.8 Å². The Hall–Kier alpha value is -2.31. The molecule has 0 aromatic carbocycles. The van der Waals surface area contributed by atoms with Crippen LogP contribution >= 0.6 is 0 Å². The number of carboxylic acid groups (broad SMARTS) is 1. The first kappa shape index (κ1) is 12.2. The Bertz CT molecular complexity index is 508. The van der Waals surface area contributed by atoms with Crippen LogP contribution in [0.2, 0.25) is 0 Å². The van der Waals surface area contributed by atoms with Crippen LogP contribution < -0.4 is 11.2 Å². The van der Waals surface area contributed by atoms with Crippen LogP contribution in [0.4, 0.5) is 0 Å². The van der Waals surface area contributed by atoms with E-state index >= 15 is 0 Å². The van der Waals surface area contributed by atoms with Crippen molar-refractivity contribution in [2.45, 2.75) is 12.8 Å². The Morgan fingerprint density at radius 3 is 2.50 bits per heavy atom. The van der Waals surface area contributed by atoms with Gasteiger partial charge in [0.15, 0.2) is 0 Å². The Labute approximate surface area is 103 Å². The molecule has 0 saturated heterocycles. The fraction of sp³-hybridized carbons (Fsp3) is 0.364. The lowest BCUT2D eigenvalue weighted by Gasteiger charge is -2.32.